The van der Waals surface area contributed by atoms with Gasteiger partial charge in [-0.1, -0.05) is 113 Å². The van der Waals surface area contributed by atoms with E-state index in [0.717, 1.165) is 105 Å². The highest BCUT2D eigenvalue weighted by Crippen LogP contribution is 2.45. The number of ether oxygens (including phenoxy) is 5. The molecule has 4 atom stereocenters. The summed E-state index contributed by atoms with van der Waals surface area (Å²) in [5.74, 6) is -6.08. The summed E-state index contributed by atoms with van der Waals surface area (Å²) in [6.07, 6.45) is 12.7. The third kappa shape index (κ3) is 14.2. The van der Waals surface area contributed by atoms with E-state index in [0.29, 0.717) is 31.2 Å². The minimum atomic E-state index is -1.33. The maximum absolute atomic E-state index is 14.8. The number of rotatable bonds is 14. The standard InChI is InChI=1S/C36H40FNO5.C34H36FNO6/c1-21(2)33-29(16-15-25-20-26(18-22(3)39)43-36(4,5)42-25)32(24-14-17-31(37)30(19-24)35(40)41-6)28-13-9-11-23-10-7-8-12-27(23)34(28)38-33;1-19(2)31-26(14-13-22-17-23(18-29(37)38)42-34(3,4)41-22)30(21-12-15-28(35)27(16-21)33(39)40)25-11-7-9-20-8-5-6-10-24(20)32(25)36-31/h7-8,10,12,14-17,19,21,25-26H,9,11,13,18,20H2,1-6H3;5-6,8,10,12-16,19,22-23H,7,9,11,17-18H2,1-4H3,(H,37,38)(H,39,40)/b16-15+;14-13+/t25-,26+;22-,23-/m11/s1. The van der Waals surface area contributed by atoms with Crippen molar-refractivity contribution in [1.29, 1.82) is 0 Å². The van der Waals surface area contributed by atoms with Crippen molar-refractivity contribution < 1.29 is 61.9 Å². The molecule has 2 aromatic heterocycles. The van der Waals surface area contributed by atoms with Crippen LogP contribution in [0.15, 0.2) is 97.1 Å². The second-order valence-electron chi connectivity index (χ2n) is 24.0. The number of methoxy groups -OCH3 is 1. The molecule has 0 unspecified atom stereocenters. The Kier molecular flexibility index (Phi) is 18.9. The van der Waals surface area contributed by atoms with Crippen LogP contribution in [0, 0.1) is 11.6 Å². The number of carbonyl (C=O) groups excluding carboxylic acids is 2. The Bertz CT molecular complexity index is 3600. The molecule has 0 radical (unpaired) electrons. The van der Waals surface area contributed by atoms with Crippen LogP contribution in [0.5, 0.6) is 0 Å². The molecule has 4 heterocycles. The summed E-state index contributed by atoms with van der Waals surface area (Å²) < 4.78 is 58.6. The number of carbonyl (C=O) groups is 4. The number of benzene rings is 4. The summed E-state index contributed by atoms with van der Waals surface area (Å²) in [5.41, 5.74) is 14.5. The number of hydrogen-bond acceptors (Lipinski definition) is 11. The van der Waals surface area contributed by atoms with E-state index in [1.807, 2.05) is 56.4 Å². The number of aryl methyl sites for hydroxylation is 2. The molecule has 0 saturated carbocycles. The number of aliphatic carboxylic acids is 1. The molecule has 2 fully saturated rings. The third-order valence-corrected chi connectivity index (χ3v) is 15.9. The van der Waals surface area contributed by atoms with Crippen molar-refractivity contribution in [3.8, 4) is 44.8 Å². The van der Waals surface area contributed by atoms with Gasteiger partial charge in [-0.25, -0.2) is 18.4 Å². The van der Waals surface area contributed by atoms with Crippen LogP contribution < -0.4 is 0 Å². The summed E-state index contributed by atoms with van der Waals surface area (Å²) in [6.45, 7) is 17.2. The van der Waals surface area contributed by atoms with Crippen LogP contribution in [0.3, 0.4) is 0 Å². The van der Waals surface area contributed by atoms with E-state index in [1.165, 1.54) is 36.4 Å². The molecule has 2 aliphatic carbocycles. The highest BCUT2D eigenvalue weighted by molar-refractivity contribution is 5.94. The minimum Gasteiger partial charge on any atom is -0.481 e. The number of aromatic nitrogens is 2. The lowest BCUT2D eigenvalue weighted by molar-refractivity contribution is -0.290. The molecular weight excluding hydrogens is 1080 g/mol. The van der Waals surface area contributed by atoms with Gasteiger partial charge in [-0.15, -0.1) is 0 Å². The van der Waals surface area contributed by atoms with E-state index in [-0.39, 0.29) is 47.4 Å². The first-order chi connectivity index (χ1) is 40.4. The Morgan fingerprint density at radius 1 is 0.624 bits per heavy atom. The summed E-state index contributed by atoms with van der Waals surface area (Å²) in [4.78, 5) is 58.3. The molecule has 10 rings (SSSR count). The molecular formula is C70H76F2N2O11. The lowest BCUT2D eigenvalue weighted by atomic mass is 9.86. The van der Waals surface area contributed by atoms with Crippen LogP contribution in [-0.2, 0) is 59.0 Å². The smallest absolute Gasteiger partial charge is 0.340 e. The van der Waals surface area contributed by atoms with E-state index in [9.17, 15) is 38.2 Å². The predicted octanol–water partition coefficient (Wildman–Crippen LogP) is 15.1. The van der Waals surface area contributed by atoms with Gasteiger partial charge in [0.1, 0.15) is 17.4 Å². The summed E-state index contributed by atoms with van der Waals surface area (Å²) in [6, 6.07) is 25.5. The number of halogens is 2. The van der Waals surface area contributed by atoms with Crippen molar-refractivity contribution in [2.45, 2.75) is 174 Å². The fraction of sp³-hybridized carbons (Fsp3) is 0.400. The van der Waals surface area contributed by atoms with E-state index in [2.05, 4.69) is 58.0 Å². The highest BCUT2D eigenvalue weighted by Gasteiger charge is 2.37. The first-order valence-corrected chi connectivity index (χ1v) is 29.4. The summed E-state index contributed by atoms with van der Waals surface area (Å²) in [7, 11) is 1.25. The maximum atomic E-state index is 14.8. The van der Waals surface area contributed by atoms with Crippen molar-refractivity contribution in [2.24, 2.45) is 0 Å². The van der Waals surface area contributed by atoms with Crippen molar-refractivity contribution in [3.63, 3.8) is 0 Å². The van der Waals surface area contributed by atoms with Crippen LogP contribution in [0.4, 0.5) is 8.78 Å². The van der Waals surface area contributed by atoms with Crippen LogP contribution >= 0.6 is 0 Å². The second-order valence-corrected chi connectivity index (χ2v) is 24.0. The zero-order valence-corrected chi connectivity index (χ0v) is 50.1. The number of esters is 1. The van der Waals surface area contributed by atoms with Crippen LogP contribution in [-0.4, -0.2) is 87.0 Å². The molecule has 13 nitrogen and oxygen atoms in total. The predicted molar refractivity (Wildman–Crippen MR) is 323 cm³/mol. The van der Waals surface area contributed by atoms with E-state index >= 15 is 0 Å². The van der Waals surface area contributed by atoms with E-state index < -0.39 is 53.3 Å². The zero-order chi connectivity index (χ0) is 61.1. The summed E-state index contributed by atoms with van der Waals surface area (Å²) in [5, 5.41) is 19.1. The first kappa shape index (κ1) is 62.0. The average Bonchev–Trinajstić information content (AvgIpc) is 3.84. The molecule has 0 spiro atoms. The van der Waals surface area contributed by atoms with Gasteiger partial charge < -0.3 is 33.9 Å². The molecule has 2 aliphatic heterocycles. The third-order valence-electron chi connectivity index (χ3n) is 15.9. The van der Waals surface area contributed by atoms with Crippen molar-refractivity contribution in [3.05, 3.63) is 165 Å². The fourth-order valence-electron chi connectivity index (χ4n) is 12.5. The van der Waals surface area contributed by atoms with E-state index in [4.69, 9.17) is 33.7 Å². The van der Waals surface area contributed by atoms with Gasteiger partial charge in [0.15, 0.2) is 11.6 Å². The topological polar surface area (TPSA) is 181 Å². The van der Waals surface area contributed by atoms with Crippen LogP contribution in [0.25, 0.3) is 56.9 Å². The fourth-order valence-corrected chi connectivity index (χ4v) is 12.5. The Morgan fingerprint density at radius 2 is 1.06 bits per heavy atom. The molecule has 0 amide bonds. The quantitative estimate of drug-likeness (QED) is 0.0985. The number of ketones is 1. The Hall–Kier alpha value is -7.56. The van der Waals surface area contributed by atoms with Crippen molar-refractivity contribution in [1.82, 2.24) is 9.97 Å². The molecule has 2 N–H and O–H groups in total. The largest absolute Gasteiger partial charge is 0.481 e. The lowest BCUT2D eigenvalue weighted by Gasteiger charge is -2.39. The minimum absolute atomic E-state index is 0.00955. The van der Waals surface area contributed by atoms with Crippen molar-refractivity contribution >= 4 is 35.8 Å². The number of carboxylic acids is 2. The number of aromatic carboxylic acids is 1. The second kappa shape index (κ2) is 26.0. The number of Topliss-reactive ketones (excluding diaryl/α,β-unsaturated/α-hetero) is 1. The lowest BCUT2D eigenvalue weighted by Crippen LogP contribution is -2.44. The number of fused-ring (bicyclic) bond motifs is 6. The number of carboxylic acid groups (broad SMARTS) is 2. The van der Waals surface area contributed by atoms with Gasteiger partial charge in [0.05, 0.1) is 71.8 Å². The summed E-state index contributed by atoms with van der Waals surface area (Å²) >= 11 is 0. The van der Waals surface area contributed by atoms with E-state index in [1.54, 1.807) is 39.0 Å². The van der Waals surface area contributed by atoms with Gasteiger partial charge in [-0.05, 0) is 154 Å². The zero-order valence-electron chi connectivity index (χ0n) is 50.1. The Morgan fingerprint density at radius 3 is 1.48 bits per heavy atom. The normalized spacial score (nSPS) is 19.6. The molecule has 0 bridgehead atoms. The highest BCUT2D eigenvalue weighted by atomic mass is 19.1. The SMILES string of the molecule is CC(C)c1nc2c(c(-c3ccc(F)c(C(=O)O)c3)c1/C=C/[C@@H]1C[C@H](CC(=O)O)OC(C)(C)O1)CCCc1ccccc1-2.COC(=O)c1cc(-c2c(/C=C/[C@@H]3C[C@H](CC(C)=O)OC(C)(C)O3)c(C(C)C)nc3c2CCCc2ccccc2-3)ccc1F. The van der Waals surface area contributed by atoms with Gasteiger partial charge in [-0.3, -0.25) is 19.6 Å². The van der Waals surface area contributed by atoms with Gasteiger partial charge in [0.25, 0.3) is 0 Å². The molecule has 2 saturated heterocycles. The van der Waals surface area contributed by atoms with Crippen LogP contribution in [0.2, 0.25) is 0 Å². The molecule has 85 heavy (non-hydrogen) atoms. The van der Waals surface area contributed by atoms with Gasteiger partial charge in [-0.2, -0.15) is 0 Å². The van der Waals surface area contributed by atoms with Gasteiger partial charge in [0.2, 0.25) is 0 Å². The molecule has 6 aromatic rings. The van der Waals surface area contributed by atoms with Crippen LogP contribution in [0.1, 0.15) is 178 Å². The van der Waals surface area contributed by atoms with Gasteiger partial charge >= 0.3 is 17.9 Å². The average molecular weight is 1160 g/mol. The molecule has 15 heteroatoms. The molecule has 446 valence electrons. The number of nitrogens with zero attached hydrogens (tertiary/aromatic N) is 2. The first-order valence-electron chi connectivity index (χ1n) is 29.4. The number of pyridine rings is 2. The van der Waals surface area contributed by atoms with Gasteiger partial charge in [0, 0.05) is 41.5 Å². The number of hydrogen-bond donors (Lipinski definition) is 2. The molecule has 4 aromatic carbocycles. The van der Waals surface area contributed by atoms with Crippen molar-refractivity contribution in [2.75, 3.05) is 7.11 Å². The maximum Gasteiger partial charge on any atom is 0.340 e. The Labute approximate surface area is 496 Å². The Balaban J connectivity index is 0.000000204. The monoisotopic (exact) mass is 1160 g/mol. The molecule has 4 aliphatic rings.